The van der Waals surface area contributed by atoms with Crippen molar-refractivity contribution in [2.75, 3.05) is 44.5 Å². The molecule has 0 radical (unpaired) electrons. The van der Waals surface area contributed by atoms with Crippen LogP contribution in [0.5, 0.6) is 0 Å². The number of anilines is 2. The third kappa shape index (κ3) is 6.04. The average molecular weight is 293 g/mol. The van der Waals surface area contributed by atoms with Crippen LogP contribution in [-0.2, 0) is 4.74 Å². The van der Waals surface area contributed by atoms with Gasteiger partial charge in [0.2, 0.25) is 0 Å². The molecule has 5 heteroatoms. The molecule has 0 aliphatic rings. The van der Waals surface area contributed by atoms with Crippen molar-refractivity contribution in [3.63, 3.8) is 0 Å². The SMILES string of the molecule is CCCCOCCCNC(=O)c1cc(N)ccc1N(C)C. The Hall–Kier alpha value is -1.75. The van der Waals surface area contributed by atoms with Crippen LogP contribution < -0.4 is 16.0 Å². The molecule has 0 atom stereocenters. The molecule has 118 valence electrons. The van der Waals surface area contributed by atoms with Gasteiger partial charge < -0.3 is 20.7 Å². The fourth-order valence-electron chi connectivity index (χ4n) is 1.95. The Morgan fingerprint density at radius 3 is 2.67 bits per heavy atom. The van der Waals surface area contributed by atoms with Gasteiger partial charge in [-0.25, -0.2) is 0 Å². The molecule has 1 aromatic carbocycles. The molecule has 0 saturated carbocycles. The van der Waals surface area contributed by atoms with E-state index >= 15 is 0 Å². The second-order valence-electron chi connectivity index (χ2n) is 5.25. The van der Waals surface area contributed by atoms with Gasteiger partial charge in [-0.1, -0.05) is 13.3 Å². The molecule has 0 fully saturated rings. The van der Waals surface area contributed by atoms with Crippen LogP contribution in [0.15, 0.2) is 18.2 Å². The van der Waals surface area contributed by atoms with Crippen molar-refractivity contribution in [3.05, 3.63) is 23.8 Å². The van der Waals surface area contributed by atoms with Crippen molar-refractivity contribution in [2.45, 2.75) is 26.2 Å². The molecule has 1 amide bonds. The van der Waals surface area contributed by atoms with Crippen LogP contribution in [0, 0.1) is 0 Å². The summed E-state index contributed by atoms with van der Waals surface area (Å²) < 4.78 is 5.46. The fourth-order valence-corrected chi connectivity index (χ4v) is 1.95. The van der Waals surface area contributed by atoms with Gasteiger partial charge in [0.05, 0.1) is 5.56 Å². The summed E-state index contributed by atoms with van der Waals surface area (Å²) in [7, 11) is 3.81. The van der Waals surface area contributed by atoms with E-state index in [1.807, 2.05) is 25.1 Å². The Kier molecular flexibility index (Phi) is 7.61. The average Bonchev–Trinajstić information content (AvgIpc) is 2.45. The number of benzene rings is 1. The number of hydrogen-bond donors (Lipinski definition) is 2. The summed E-state index contributed by atoms with van der Waals surface area (Å²) in [5.41, 5.74) is 7.83. The highest BCUT2D eigenvalue weighted by Gasteiger charge is 2.12. The quantitative estimate of drug-likeness (QED) is 0.541. The predicted molar refractivity (Wildman–Crippen MR) is 87.9 cm³/mol. The minimum atomic E-state index is -0.0976. The lowest BCUT2D eigenvalue weighted by molar-refractivity contribution is 0.0941. The number of rotatable bonds is 9. The summed E-state index contributed by atoms with van der Waals surface area (Å²) in [4.78, 5) is 14.1. The van der Waals surface area contributed by atoms with Crippen LogP contribution in [0.3, 0.4) is 0 Å². The Balaban J connectivity index is 2.43. The Bertz CT molecular complexity index is 447. The molecule has 5 nitrogen and oxygen atoms in total. The maximum Gasteiger partial charge on any atom is 0.253 e. The number of unbranched alkanes of at least 4 members (excludes halogenated alkanes) is 1. The van der Waals surface area contributed by atoms with E-state index in [4.69, 9.17) is 10.5 Å². The molecule has 0 aromatic heterocycles. The zero-order chi connectivity index (χ0) is 15.7. The molecule has 0 aliphatic carbocycles. The standard InChI is InChI=1S/C16H27N3O2/c1-4-5-10-21-11-6-9-18-16(20)14-12-13(17)7-8-15(14)19(2)3/h7-8,12H,4-6,9-11,17H2,1-3H3,(H,18,20). The van der Waals surface area contributed by atoms with Crippen molar-refractivity contribution in [2.24, 2.45) is 0 Å². The van der Waals surface area contributed by atoms with Crippen LogP contribution in [-0.4, -0.2) is 39.8 Å². The number of amides is 1. The van der Waals surface area contributed by atoms with Crippen molar-refractivity contribution < 1.29 is 9.53 Å². The maximum absolute atomic E-state index is 12.2. The third-order valence-electron chi connectivity index (χ3n) is 3.14. The zero-order valence-electron chi connectivity index (χ0n) is 13.3. The van der Waals surface area contributed by atoms with E-state index in [-0.39, 0.29) is 5.91 Å². The van der Waals surface area contributed by atoms with Gasteiger partial charge in [0, 0.05) is 45.2 Å². The van der Waals surface area contributed by atoms with Gasteiger partial charge in [-0.2, -0.15) is 0 Å². The number of carbonyl (C=O) groups is 1. The number of carbonyl (C=O) groups excluding carboxylic acids is 1. The van der Waals surface area contributed by atoms with Crippen LogP contribution in [0.4, 0.5) is 11.4 Å². The predicted octanol–water partition coefficient (Wildman–Crippen LogP) is 2.27. The molecule has 1 rings (SSSR count). The van der Waals surface area contributed by atoms with Gasteiger partial charge >= 0.3 is 0 Å². The Morgan fingerprint density at radius 1 is 1.29 bits per heavy atom. The van der Waals surface area contributed by atoms with Gasteiger partial charge in [-0.3, -0.25) is 4.79 Å². The summed E-state index contributed by atoms with van der Waals surface area (Å²) in [6.45, 7) is 4.21. The number of nitrogen functional groups attached to an aromatic ring is 1. The molecular formula is C16H27N3O2. The number of hydrogen-bond acceptors (Lipinski definition) is 4. The summed E-state index contributed by atoms with van der Waals surface area (Å²) in [6.07, 6.45) is 3.04. The van der Waals surface area contributed by atoms with Crippen molar-refractivity contribution in [1.29, 1.82) is 0 Å². The lowest BCUT2D eigenvalue weighted by Gasteiger charge is -2.17. The van der Waals surface area contributed by atoms with E-state index in [1.165, 1.54) is 0 Å². The van der Waals surface area contributed by atoms with E-state index in [0.29, 0.717) is 24.4 Å². The number of nitrogens with two attached hydrogens (primary N) is 1. The minimum absolute atomic E-state index is 0.0976. The van der Waals surface area contributed by atoms with E-state index < -0.39 is 0 Å². The molecule has 0 heterocycles. The summed E-state index contributed by atoms with van der Waals surface area (Å²) in [5.74, 6) is -0.0976. The molecular weight excluding hydrogens is 266 g/mol. The number of nitrogens with zero attached hydrogens (tertiary/aromatic N) is 1. The highest BCUT2D eigenvalue weighted by Crippen LogP contribution is 2.21. The third-order valence-corrected chi connectivity index (χ3v) is 3.14. The van der Waals surface area contributed by atoms with E-state index in [2.05, 4.69) is 12.2 Å². The van der Waals surface area contributed by atoms with Gasteiger partial charge in [0.25, 0.3) is 5.91 Å². The first-order valence-corrected chi connectivity index (χ1v) is 7.49. The first kappa shape index (κ1) is 17.3. The Labute approximate surface area is 127 Å². The van der Waals surface area contributed by atoms with Crippen molar-refractivity contribution in [1.82, 2.24) is 5.32 Å². The van der Waals surface area contributed by atoms with Crippen molar-refractivity contribution >= 4 is 17.3 Å². The molecule has 0 bridgehead atoms. The van der Waals surface area contributed by atoms with Crippen LogP contribution in [0.25, 0.3) is 0 Å². The fraction of sp³-hybridized carbons (Fsp3) is 0.562. The molecule has 21 heavy (non-hydrogen) atoms. The highest BCUT2D eigenvalue weighted by atomic mass is 16.5. The number of nitrogens with one attached hydrogen (secondary N) is 1. The second kappa shape index (κ2) is 9.23. The maximum atomic E-state index is 12.2. The van der Waals surface area contributed by atoms with E-state index in [1.54, 1.807) is 12.1 Å². The molecule has 0 unspecified atom stereocenters. The monoisotopic (exact) mass is 293 g/mol. The van der Waals surface area contributed by atoms with Crippen LogP contribution in [0.1, 0.15) is 36.5 Å². The van der Waals surface area contributed by atoms with Gasteiger partial charge in [-0.05, 0) is 31.0 Å². The lowest BCUT2D eigenvalue weighted by atomic mass is 10.1. The van der Waals surface area contributed by atoms with Gasteiger partial charge in [0.1, 0.15) is 0 Å². The van der Waals surface area contributed by atoms with Crippen LogP contribution >= 0.6 is 0 Å². The van der Waals surface area contributed by atoms with Crippen LogP contribution in [0.2, 0.25) is 0 Å². The first-order valence-electron chi connectivity index (χ1n) is 7.49. The smallest absolute Gasteiger partial charge is 0.253 e. The summed E-state index contributed by atoms with van der Waals surface area (Å²) in [5, 5.41) is 2.91. The molecule has 0 saturated heterocycles. The highest BCUT2D eigenvalue weighted by molar-refractivity contribution is 6.00. The van der Waals surface area contributed by atoms with Crippen molar-refractivity contribution in [3.8, 4) is 0 Å². The number of ether oxygens (including phenoxy) is 1. The summed E-state index contributed by atoms with van der Waals surface area (Å²) >= 11 is 0. The largest absolute Gasteiger partial charge is 0.399 e. The Morgan fingerprint density at radius 2 is 2.00 bits per heavy atom. The lowest BCUT2D eigenvalue weighted by Crippen LogP contribution is -2.27. The molecule has 0 spiro atoms. The second-order valence-corrected chi connectivity index (χ2v) is 5.25. The van der Waals surface area contributed by atoms with Gasteiger partial charge in [-0.15, -0.1) is 0 Å². The normalized spacial score (nSPS) is 10.4. The molecule has 3 N–H and O–H groups in total. The summed E-state index contributed by atoms with van der Waals surface area (Å²) in [6, 6.07) is 5.37. The molecule has 1 aromatic rings. The first-order chi connectivity index (χ1) is 10.1. The van der Waals surface area contributed by atoms with Gasteiger partial charge in [0.15, 0.2) is 0 Å². The zero-order valence-corrected chi connectivity index (χ0v) is 13.3. The minimum Gasteiger partial charge on any atom is -0.399 e. The van der Waals surface area contributed by atoms with E-state index in [9.17, 15) is 4.79 Å². The molecule has 0 aliphatic heterocycles. The van der Waals surface area contributed by atoms with E-state index in [0.717, 1.165) is 31.6 Å². The topological polar surface area (TPSA) is 67.6 Å².